The third-order valence-corrected chi connectivity index (χ3v) is 3.63. The van der Waals surface area contributed by atoms with E-state index >= 15 is 0 Å². The third-order valence-electron chi connectivity index (χ3n) is 3.45. The first-order valence-electron chi connectivity index (χ1n) is 7.75. The lowest BCUT2D eigenvalue weighted by Gasteiger charge is -2.11. The van der Waals surface area contributed by atoms with Crippen LogP contribution in [-0.4, -0.2) is 9.97 Å². The zero-order valence-electron chi connectivity index (χ0n) is 14.0. The number of nitriles is 1. The molecule has 0 spiro atoms. The third kappa shape index (κ3) is 4.79. The molecule has 0 radical (unpaired) electrons. The van der Waals surface area contributed by atoms with E-state index in [9.17, 15) is 18.4 Å². The zero-order valence-corrected chi connectivity index (χ0v) is 14.7. The number of nitrogens with zero attached hydrogens (tertiary/aromatic N) is 3. The fourth-order valence-electron chi connectivity index (χ4n) is 2.19. The van der Waals surface area contributed by atoms with Gasteiger partial charge in [-0.2, -0.15) is 18.4 Å². The van der Waals surface area contributed by atoms with E-state index in [0.717, 1.165) is 12.1 Å². The van der Waals surface area contributed by atoms with Crippen LogP contribution in [0.3, 0.4) is 0 Å². The van der Waals surface area contributed by atoms with Crippen molar-refractivity contribution in [2.24, 2.45) is 0 Å². The van der Waals surface area contributed by atoms with Gasteiger partial charge in [0.2, 0.25) is 5.28 Å². The highest BCUT2D eigenvalue weighted by Gasteiger charge is 2.30. The largest absolute Gasteiger partial charge is 0.456 e. The van der Waals surface area contributed by atoms with E-state index in [1.807, 2.05) is 6.07 Å². The van der Waals surface area contributed by atoms with Crippen LogP contribution in [0.5, 0.6) is 11.5 Å². The molecule has 1 aromatic heterocycles. The predicted molar refractivity (Wildman–Crippen MR) is 95.7 cm³/mol. The van der Waals surface area contributed by atoms with Crippen LogP contribution in [0.4, 0.5) is 13.2 Å². The molecular formula is C20H9ClF3N3O. The minimum absolute atomic E-state index is 0.0270. The molecule has 0 fully saturated rings. The molecule has 0 atom stereocenters. The molecule has 0 saturated heterocycles. The molecule has 0 saturated carbocycles. The highest BCUT2D eigenvalue weighted by molar-refractivity contribution is 6.28. The summed E-state index contributed by atoms with van der Waals surface area (Å²) in [5.74, 6) is 5.71. The zero-order chi connectivity index (χ0) is 20.1. The first-order chi connectivity index (χ1) is 13.3. The van der Waals surface area contributed by atoms with E-state index in [1.165, 1.54) is 30.5 Å². The molecule has 0 aliphatic heterocycles. The van der Waals surface area contributed by atoms with Gasteiger partial charge in [-0.3, -0.25) is 0 Å². The maximum Gasteiger partial charge on any atom is 0.416 e. The lowest BCUT2D eigenvalue weighted by atomic mass is 10.1. The second-order valence-corrected chi connectivity index (χ2v) is 5.75. The Labute approximate surface area is 163 Å². The molecule has 0 unspecified atom stereocenters. The minimum Gasteiger partial charge on any atom is -0.456 e. The van der Waals surface area contributed by atoms with Crippen molar-refractivity contribution in [2.45, 2.75) is 6.18 Å². The van der Waals surface area contributed by atoms with Crippen LogP contribution < -0.4 is 4.74 Å². The smallest absolute Gasteiger partial charge is 0.416 e. The molecule has 28 heavy (non-hydrogen) atoms. The van der Waals surface area contributed by atoms with Crippen molar-refractivity contribution < 1.29 is 17.9 Å². The van der Waals surface area contributed by atoms with Crippen molar-refractivity contribution >= 4 is 11.6 Å². The van der Waals surface area contributed by atoms with Crippen molar-refractivity contribution in [3.63, 3.8) is 0 Å². The summed E-state index contributed by atoms with van der Waals surface area (Å²) in [7, 11) is 0. The van der Waals surface area contributed by atoms with Crippen molar-refractivity contribution in [3.05, 3.63) is 82.4 Å². The Balaban J connectivity index is 1.86. The number of hydrogen-bond acceptors (Lipinski definition) is 4. The Morgan fingerprint density at radius 1 is 1.04 bits per heavy atom. The Kier molecular flexibility index (Phi) is 5.49. The fourth-order valence-corrected chi connectivity index (χ4v) is 2.34. The number of rotatable bonds is 2. The molecule has 8 heteroatoms. The molecule has 0 bridgehead atoms. The van der Waals surface area contributed by atoms with Gasteiger partial charge >= 0.3 is 6.18 Å². The van der Waals surface area contributed by atoms with Crippen LogP contribution in [0.2, 0.25) is 5.28 Å². The molecular weight excluding hydrogens is 391 g/mol. The number of ether oxygens (including phenoxy) is 1. The minimum atomic E-state index is -4.49. The number of alkyl halides is 3. The molecule has 4 nitrogen and oxygen atoms in total. The van der Waals surface area contributed by atoms with Crippen LogP contribution in [0.1, 0.15) is 22.4 Å². The predicted octanol–water partition coefficient (Wildman–Crippen LogP) is 5.21. The molecule has 2 aromatic carbocycles. The lowest BCUT2D eigenvalue weighted by molar-refractivity contribution is -0.137. The number of aromatic nitrogens is 2. The van der Waals surface area contributed by atoms with E-state index in [2.05, 4.69) is 21.8 Å². The summed E-state index contributed by atoms with van der Waals surface area (Å²) in [5.41, 5.74) is 0.199. The van der Waals surface area contributed by atoms with Gasteiger partial charge in [-0.15, -0.1) is 0 Å². The van der Waals surface area contributed by atoms with Crippen molar-refractivity contribution in [3.8, 4) is 29.4 Å². The highest BCUT2D eigenvalue weighted by atomic mass is 35.5. The maximum absolute atomic E-state index is 12.8. The Morgan fingerprint density at radius 3 is 2.57 bits per heavy atom. The topological polar surface area (TPSA) is 58.8 Å². The fraction of sp³-hybridized carbons (Fsp3) is 0.0500. The van der Waals surface area contributed by atoms with Crippen LogP contribution >= 0.6 is 11.6 Å². The summed E-state index contributed by atoms with van der Waals surface area (Å²) in [4.78, 5) is 7.68. The van der Waals surface area contributed by atoms with Crippen LogP contribution in [0, 0.1) is 23.2 Å². The molecule has 3 aromatic rings. The van der Waals surface area contributed by atoms with Gasteiger partial charge in [-0.1, -0.05) is 12.0 Å². The van der Waals surface area contributed by atoms with E-state index in [-0.39, 0.29) is 22.3 Å². The van der Waals surface area contributed by atoms with Gasteiger partial charge in [0.25, 0.3) is 0 Å². The summed E-state index contributed by atoms with van der Waals surface area (Å²) in [6.07, 6.45) is -3.02. The average Bonchev–Trinajstić information content (AvgIpc) is 2.67. The Hall–Kier alpha value is -3.55. The van der Waals surface area contributed by atoms with Gasteiger partial charge in [0, 0.05) is 11.8 Å². The second-order valence-electron chi connectivity index (χ2n) is 5.41. The van der Waals surface area contributed by atoms with Crippen LogP contribution in [-0.2, 0) is 6.18 Å². The van der Waals surface area contributed by atoms with Crippen molar-refractivity contribution in [2.75, 3.05) is 0 Å². The monoisotopic (exact) mass is 399 g/mol. The summed E-state index contributed by atoms with van der Waals surface area (Å²) in [5, 5.41) is 9.39. The van der Waals surface area contributed by atoms with Gasteiger partial charge in [0.1, 0.15) is 23.3 Å². The van der Waals surface area contributed by atoms with Crippen LogP contribution in [0.25, 0.3) is 0 Å². The molecule has 0 aliphatic carbocycles. The van der Waals surface area contributed by atoms with Crippen LogP contribution in [0.15, 0.2) is 54.7 Å². The molecule has 3 rings (SSSR count). The summed E-state index contributed by atoms with van der Waals surface area (Å²) in [6, 6.07) is 12.5. The standard InChI is InChI=1S/C20H9ClF3N3O/c21-19-26-9-8-16(27-19)6-4-13-5-7-18(14(10-13)12-25)28-17-3-1-2-15(11-17)20(22,23)24/h1-3,5,7-11H. The summed E-state index contributed by atoms with van der Waals surface area (Å²) < 4.78 is 43.9. The first-order valence-corrected chi connectivity index (χ1v) is 8.13. The van der Waals surface area contributed by atoms with E-state index < -0.39 is 11.7 Å². The van der Waals surface area contributed by atoms with E-state index in [4.69, 9.17) is 16.3 Å². The van der Waals surface area contributed by atoms with Gasteiger partial charge in [-0.25, -0.2) is 9.97 Å². The summed E-state index contributed by atoms with van der Waals surface area (Å²) in [6.45, 7) is 0. The molecule has 0 amide bonds. The number of hydrogen-bond donors (Lipinski definition) is 0. The molecule has 138 valence electrons. The molecule has 0 N–H and O–H groups in total. The quantitative estimate of drug-likeness (QED) is 0.438. The van der Waals surface area contributed by atoms with Gasteiger partial charge in [0.05, 0.1) is 11.1 Å². The lowest BCUT2D eigenvalue weighted by Crippen LogP contribution is -2.04. The van der Waals surface area contributed by atoms with E-state index in [0.29, 0.717) is 11.3 Å². The SMILES string of the molecule is N#Cc1cc(C#Cc2ccnc(Cl)n2)ccc1Oc1cccc(C(F)(F)F)c1. The Morgan fingerprint density at radius 2 is 1.86 bits per heavy atom. The number of halogens is 4. The second kappa shape index (κ2) is 7.99. The number of benzene rings is 2. The maximum atomic E-state index is 12.8. The first kappa shape index (κ1) is 19.2. The van der Waals surface area contributed by atoms with Crippen molar-refractivity contribution in [1.29, 1.82) is 5.26 Å². The molecule has 1 heterocycles. The van der Waals surface area contributed by atoms with Gasteiger partial charge < -0.3 is 4.74 Å². The van der Waals surface area contributed by atoms with Gasteiger partial charge in [0.15, 0.2) is 0 Å². The summed E-state index contributed by atoms with van der Waals surface area (Å²) >= 11 is 5.69. The Bertz CT molecular complexity index is 1130. The van der Waals surface area contributed by atoms with Crippen molar-refractivity contribution in [1.82, 2.24) is 9.97 Å². The normalized spacial score (nSPS) is 10.5. The molecule has 0 aliphatic rings. The highest BCUT2D eigenvalue weighted by Crippen LogP contribution is 2.33. The van der Waals surface area contributed by atoms with E-state index in [1.54, 1.807) is 12.1 Å². The average molecular weight is 400 g/mol. The van der Waals surface area contributed by atoms with Gasteiger partial charge in [-0.05, 0) is 60.0 Å².